The summed E-state index contributed by atoms with van der Waals surface area (Å²) in [6.45, 7) is 4.95. The third-order valence-corrected chi connectivity index (χ3v) is 2.54. The number of hydrogen-bond acceptors (Lipinski definition) is 4. The Kier molecular flexibility index (Phi) is 6.71. The maximum atomic E-state index is 11.7. The van der Waals surface area contributed by atoms with Crippen molar-refractivity contribution in [3.05, 3.63) is 28.0 Å². The number of H-pyrrole nitrogens is 1. The van der Waals surface area contributed by atoms with Gasteiger partial charge in [0.15, 0.2) is 5.88 Å². The lowest BCUT2D eigenvalue weighted by atomic mass is 10.2. The topological polar surface area (TPSA) is 68.4 Å². The molecule has 0 aromatic carbocycles. The van der Waals surface area contributed by atoms with E-state index in [4.69, 9.17) is 9.47 Å². The van der Waals surface area contributed by atoms with E-state index in [1.807, 2.05) is 13.8 Å². The molecule has 0 aliphatic carbocycles. The molecule has 0 aliphatic heterocycles. The fraction of sp³-hybridized carbons (Fsp3) is 0.571. The van der Waals surface area contributed by atoms with Gasteiger partial charge in [-0.05, 0) is 12.8 Å². The Hall–Kier alpha value is -1.78. The van der Waals surface area contributed by atoms with E-state index in [-0.39, 0.29) is 11.1 Å². The predicted molar refractivity (Wildman–Crippen MR) is 72.7 cm³/mol. The lowest BCUT2D eigenvalue weighted by Crippen LogP contribution is -2.14. The lowest BCUT2D eigenvalue weighted by Gasteiger charge is -2.07. The molecule has 1 aromatic rings. The van der Waals surface area contributed by atoms with Crippen LogP contribution in [0, 0.1) is 0 Å². The molecule has 0 unspecified atom stereocenters. The Balaban J connectivity index is 2.67. The number of hydrogen-bond donors (Lipinski definition) is 1. The number of rotatable bonds is 8. The highest BCUT2D eigenvalue weighted by atomic mass is 16.5. The van der Waals surface area contributed by atoms with Crippen molar-refractivity contribution in [3.63, 3.8) is 0 Å². The summed E-state index contributed by atoms with van der Waals surface area (Å²) in [6.07, 6.45) is 3.67. The van der Waals surface area contributed by atoms with Crippen LogP contribution >= 0.6 is 0 Å². The zero-order chi connectivity index (χ0) is 14.1. The van der Waals surface area contributed by atoms with Gasteiger partial charge in [0, 0.05) is 12.1 Å². The van der Waals surface area contributed by atoms with Gasteiger partial charge in [-0.25, -0.2) is 4.79 Å². The van der Waals surface area contributed by atoms with Gasteiger partial charge in [-0.1, -0.05) is 26.7 Å². The van der Waals surface area contributed by atoms with E-state index >= 15 is 0 Å². The Bertz CT molecular complexity index is 453. The van der Waals surface area contributed by atoms with E-state index in [9.17, 15) is 9.59 Å². The summed E-state index contributed by atoms with van der Waals surface area (Å²) in [5.74, 6) is -0.178. The summed E-state index contributed by atoms with van der Waals surface area (Å²) >= 11 is 0. The van der Waals surface area contributed by atoms with Crippen molar-refractivity contribution in [3.8, 4) is 5.88 Å². The van der Waals surface area contributed by atoms with Crippen LogP contribution in [0.4, 0.5) is 0 Å². The zero-order valence-corrected chi connectivity index (χ0v) is 11.5. The van der Waals surface area contributed by atoms with E-state index in [2.05, 4.69) is 4.98 Å². The van der Waals surface area contributed by atoms with Crippen LogP contribution in [0.3, 0.4) is 0 Å². The summed E-state index contributed by atoms with van der Waals surface area (Å²) < 4.78 is 10.4. The summed E-state index contributed by atoms with van der Waals surface area (Å²) in [5, 5.41) is 0. The Morgan fingerprint density at radius 1 is 1.16 bits per heavy atom. The molecule has 5 nitrogen and oxygen atoms in total. The van der Waals surface area contributed by atoms with E-state index < -0.39 is 5.97 Å². The normalized spacial score (nSPS) is 10.2. The van der Waals surface area contributed by atoms with Crippen LogP contribution in [-0.2, 0) is 4.74 Å². The molecule has 0 fully saturated rings. The molecule has 1 heterocycles. The summed E-state index contributed by atoms with van der Waals surface area (Å²) in [6, 6.07) is 2.73. The second-order valence-corrected chi connectivity index (χ2v) is 4.29. The number of esters is 1. The van der Waals surface area contributed by atoms with E-state index in [0.29, 0.717) is 19.1 Å². The number of unbranched alkanes of at least 4 members (excludes halogenated alkanes) is 2. The third kappa shape index (κ3) is 5.59. The van der Waals surface area contributed by atoms with Crippen LogP contribution in [0.2, 0.25) is 0 Å². The minimum atomic E-state index is -0.486. The molecule has 0 aliphatic rings. The van der Waals surface area contributed by atoms with E-state index in [1.54, 1.807) is 0 Å². The van der Waals surface area contributed by atoms with Gasteiger partial charge in [-0.2, -0.15) is 0 Å². The minimum Gasteiger partial charge on any atom is -0.479 e. The van der Waals surface area contributed by atoms with Gasteiger partial charge in [0.1, 0.15) is 0 Å². The number of pyridine rings is 1. The van der Waals surface area contributed by atoms with Crippen molar-refractivity contribution in [2.45, 2.75) is 39.5 Å². The highest BCUT2D eigenvalue weighted by Gasteiger charge is 2.10. The molecular weight excluding hydrogens is 246 g/mol. The Morgan fingerprint density at radius 3 is 2.53 bits per heavy atom. The molecule has 0 spiro atoms. The van der Waals surface area contributed by atoms with Crippen molar-refractivity contribution in [1.29, 1.82) is 0 Å². The molecule has 0 amide bonds. The monoisotopic (exact) mass is 267 g/mol. The summed E-state index contributed by atoms with van der Waals surface area (Å²) in [7, 11) is 0. The van der Waals surface area contributed by atoms with Crippen LogP contribution in [0.25, 0.3) is 0 Å². The minimum absolute atomic E-state index is 0.228. The standard InChI is InChI=1S/C14H21NO4/c1-3-5-7-18-13-10-11(9-12(16)15-13)14(17)19-8-6-4-2/h9-10H,3-8H2,1-2H3,(H,15,16). The van der Waals surface area contributed by atoms with Gasteiger partial charge >= 0.3 is 5.97 Å². The molecular formula is C14H21NO4. The van der Waals surface area contributed by atoms with Gasteiger partial charge in [0.2, 0.25) is 0 Å². The Morgan fingerprint density at radius 2 is 1.84 bits per heavy atom. The van der Waals surface area contributed by atoms with Gasteiger partial charge in [-0.3, -0.25) is 9.78 Å². The molecule has 1 N–H and O–H groups in total. The average molecular weight is 267 g/mol. The van der Waals surface area contributed by atoms with Crippen molar-refractivity contribution >= 4 is 5.97 Å². The van der Waals surface area contributed by atoms with Crippen LogP contribution in [0.5, 0.6) is 5.88 Å². The first-order chi connectivity index (χ1) is 9.17. The van der Waals surface area contributed by atoms with Crippen molar-refractivity contribution in [2.75, 3.05) is 13.2 Å². The predicted octanol–water partition coefficient (Wildman–Crippen LogP) is 2.51. The number of aromatic amines is 1. The smallest absolute Gasteiger partial charge is 0.338 e. The maximum absolute atomic E-state index is 11.7. The molecule has 106 valence electrons. The van der Waals surface area contributed by atoms with E-state index in [0.717, 1.165) is 25.7 Å². The largest absolute Gasteiger partial charge is 0.479 e. The molecule has 19 heavy (non-hydrogen) atoms. The number of carbonyl (C=O) groups excluding carboxylic acids is 1. The fourth-order valence-corrected chi connectivity index (χ4v) is 1.43. The van der Waals surface area contributed by atoms with Crippen molar-refractivity contribution in [1.82, 2.24) is 4.98 Å². The van der Waals surface area contributed by atoms with Crippen LogP contribution in [0.1, 0.15) is 49.9 Å². The molecule has 0 saturated heterocycles. The highest BCUT2D eigenvalue weighted by Crippen LogP contribution is 2.09. The second-order valence-electron chi connectivity index (χ2n) is 4.29. The maximum Gasteiger partial charge on any atom is 0.338 e. The first-order valence-electron chi connectivity index (χ1n) is 6.71. The molecule has 0 bridgehead atoms. The number of carbonyl (C=O) groups is 1. The summed E-state index contributed by atoms with van der Waals surface area (Å²) in [5.41, 5.74) is -0.136. The molecule has 0 atom stereocenters. The third-order valence-electron chi connectivity index (χ3n) is 2.54. The second kappa shape index (κ2) is 8.34. The quantitative estimate of drug-likeness (QED) is 0.580. The Labute approximate surface area is 112 Å². The van der Waals surface area contributed by atoms with Gasteiger partial charge in [-0.15, -0.1) is 0 Å². The number of ether oxygens (including phenoxy) is 2. The zero-order valence-electron chi connectivity index (χ0n) is 11.5. The molecule has 0 radical (unpaired) electrons. The lowest BCUT2D eigenvalue weighted by molar-refractivity contribution is 0.0499. The molecule has 1 rings (SSSR count). The summed E-state index contributed by atoms with van der Waals surface area (Å²) in [4.78, 5) is 25.7. The SMILES string of the molecule is CCCCOC(=O)c1cc(OCCCC)[nH]c(=O)c1. The van der Waals surface area contributed by atoms with Crippen LogP contribution < -0.4 is 10.3 Å². The average Bonchev–Trinajstić information content (AvgIpc) is 2.38. The van der Waals surface area contributed by atoms with Crippen LogP contribution in [-0.4, -0.2) is 24.2 Å². The number of aromatic nitrogens is 1. The molecule has 5 heteroatoms. The van der Waals surface area contributed by atoms with Crippen LogP contribution in [0.15, 0.2) is 16.9 Å². The van der Waals surface area contributed by atoms with Gasteiger partial charge in [0.25, 0.3) is 5.56 Å². The van der Waals surface area contributed by atoms with Crippen molar-refractivity contribution in [2.24, 2.45) is 0 Å². The number of nitrogens with one attached hydrogen (secondary N) is 1. The fourth-order valence-electron chi connectivity index (χ4n) is 1.43. The van der Waals surface area contributed by atoms with E-state index in [1.165, 1.54) is 12.1 Å². The molecule has 1 aromatic heterocycles. The van der Waals surface area contributed by atoms with Gasteiger partial charge in [0.05, 0.1) is 18.8 Å². The van der Waals surface area contributed by atoms with Gasteiger partial charge < -0.3 is 9.47 Å². The highest BCUT2D eigenvalue weighted by molar-refractivity contribution is 5.89. The van der Waals surface area contributed by atoms with Crippen molar-refractivity contribution < 1.29 is 14.3 Å². The molecule has 0 saturated carbocycles. The first kappa shape index (κ1) is 15.3. The first-order valence-corrected chi connectivity index (χ1v) is 6.71.